The Morgan fingerprint density at radius 1 is 0.895 bits per heavy atom. The van der Waals surface area contributed by atoms with Gasteiger partial charge < -0.3 is 10.2 Å². The Morgan fingerprint density at radius 3 is 2.00 bits per heavy atom. The molecular formula is C16H30O3. The van der Waals surface area contributed by atoms with E-state index < -0.39 is 5.97 Å². The van der Waals surface area contributed by atoms with E-state index in [0.29, 0.717) is 12.3 Å². The lowest BCUT2D eigenvalue weighted by Gasteiger charge is -2.13. The maximum absolute atomic E-state index is 10.3. The van der Waals surface area contributed by atoms with E-state index in [9.17, 15) is 9.90 Å². The normalized spacial score (nSPS) is 22.8. The van der Waals surface area contributed by atoms with Crippen molar-refractivity contribution < 1.29 is 15.0 Å². The molecule has 2 N–H and O–H groups in total. The Balaban J connectivity index is 1.77. The highest BCUT2D eigenvalue weighted by molar-refractivity contribution is 5.66. The molecule has 0 aromatic carbocycles. The first-order valence-electron chi connectivity index (χ1n) is 8.10. The first kappa shape index (κ1) is 16.5. The van der Waals surface area contributed by atoms with E-state index >= 15 is 0 Å². The van der Waals surface area contributed by atoms with Crippen molar-refractivity contribution in [2.45, 2.75) is 89.6 Å². The molecule has 0 aromatic heterocycles. The highest BCUT2D eigenvalue weighted by atomic mass is 16.4. The molecule has 3 nitrogen and oxygen atoms in total. The van der Waals surface area contributed by atoms with Crippen LogP contribution in [-0.4, -0.2) is 22.3 Å². The highest BCUT2D eigenvalue weighted by Crippen LogP contribution is 2.29. The van der Waals surface area contributed by atoms with Crippen LogP contribution in [0.3, 0.4) is 0 Å². The van der Waals surface area contributed by atoms with E-state index in [1.54, 1.807) is 0 Å². The molecule has 1 rings (SSSR count). The number of hydrogen-bond donors (Lipinski definition) is 2. The summed E-state index contributed by atoms with van der Waals surface area (Å²) in [7, 11) is 0. The lowest BCUT2D eigenvalue weighted by molar-refractivity contribution is -0.137. The zero-order chi connectivity index (χ0) is 13.9. The van der Waals surface area contributed by atoms with Gasteiger partial charge in [0.1, 0.15) is 0 Å². The van der Waals surface area contributed by atoms with Gasteiger partial charge in [-0.05, 0) is 31.6 Å². The van der Waals surface area contributed by atoms with Crippen molar-refractivity contribution in [2.75, 3.05) is 0 Å². The standard InChI is InChI=1S/C16H30O3/c17-15-12-9-11-14(15)10-7-5-3-1-2-4-6-8-13-16(18)19/h14-15,17H,1-13H2,(H,18,19)/t14-,15+/m1/s1. The van der Waals surface area contributed by atoms with E-state index in [0.717, 1.165) is 19.3 Å². The van der Waals surface area contributed by atoms with E-state index in [1.807, 2.05) is 0 Å². The van der Waals surface area contributed by atoms with Crippen LogP contribution >= 0.6 is 0 Å². The number of aliphatic hydroxyl groups is 1. The highest BCUT2D eigenvalue weighted by Gasteiger charge is 2.24. The van der Waals surface area contributed by atoms with Gasteiger partial charge in [0.25, 0.3) is 0 Å². The third-order valence-corrected chi connectivity index (χ3v) is 4.33. The average Bonchev–Trinajstić information content (AvgIpc) is 2.77. The van der Waals surface area contributed by atoms with Gasteiger partial charge >= 0.3 is 5.97 Å². The second-order valence-electron chi connectivity index (χ2n) is 6.02. The minimum absolute atomic E-state index is 0.0192. The molecule has 0 heterocycles. The van der Waals surface area contributed by atoms with Gasteiger partial charge in [-0.15, -0.1) is 0 Å². The van der Waals surface area contributed by atoms with Gasteiger partial charge in [-0.25, -0.2) is 0 Å². The molecule has 0 amide bonds. The van der Waals surface area contributed by atoms with Crippen LogP contribution in [0.2, 0.25) is 0 Å². The Labute approximate surface area is 117 Å². The molecule has 0 saturated heterocycles. The minimum Gasteiger partial charge on any atom is -0.481 e. The molecule has 0 spiro atoms. The van der Waals surface area contributed by atoms with Gasteiger partial charge in [0.15, 0.2) is 0 Å². The van der Waals surface area contributed by atoms with Crippen LogP contribution in [0.4, 0.5) is 0 Å². The summed E-state index contributed by atoms with van der Waals surface area (Å²) in [4.78, 5) is 10.3. The second-order valence-corrected chi connectivity index (χ2v) is 6.02. The SMILES string of the molecule is O=C(O)CCCCCCCCCC[C@@H]1CCC[C@@H]1O. The first-order chi connectivity index (χ1) is 9.20. The quantitative estimate of drug-likeness (QED) is 0.555. The summed E-state index contributed by atoms with van der Waals surface area (Å²) in [6.07, 6.45) is 14.4. The molecule has 112 valence electrons. The Hall–Kier alpha value is -0.570. The predicted octanol–water partition coefficient (Wildman–Crippen LogP) is 4.13. The van der Waals surface area contributed by atoms with E-state index in [1.165, 1.54) is 57.8 Å². The van der Waals surface area contributed by atoms with Crippen LogP contribution in [0.5, 0.6) is 0 Å². The number of carboxylic acids is 1. The molecule has 0 bridgehead atoms. The van der Waals surface area contributed by atoms with Crippen LogP contribution in [0.15, 0.2) is 0 Å². The van der Waals surface area contributed by atoms with Gasteiger partial charge in [0.2, 0.25) is 0 Å². The number of rotatable bonds is 11. The molecule has 0 radical (unpaired) electrons. The molecule has 1 aliphatic carbocycles. The molecule has 0 unspecified atom stereocenters. The molecule has 0 aliphatic heterocycles. The molecule has 19 heavy (non-hydrogen) atoms. The Morgan fingerprint density at radius 2 is 1.47 bits per heavy atom. The van der Waals surface area contributed by atoms with Gasteiger partial charge in [-0.1, -0.05) is 51.4 Å². The van der Waals surface area contributed by atoms with Crippen LogP contribution in [0, 0.1) is 5.92 Å². The predicted molar refractivity (Wildman–Crippen MR) is 77.2 cm³/mol. The number of carbonyl (C=O) groups is 1. The van der Waals surface area contributed by atoms with Gasteiger partial charge in [-0.2, -0.15) is 0 Å². The monoisotopic (exact) mass is 270 g/mol. The fourth-order valence-corrected chi connectivity index (χ4v) is 3.10. The number of aliphatic hydroxyl groups excluding tert-OH is 1. The smallest absolute Gasteiger partial charge is 0.303 e. The van der Waals surface area contributed by atoms with Crippen molar-refractivity contribution >= 4 is 5.97 Å². The van der Waals surface area contributed by atoms with Crippen molar-refractivity contribution in [1.82, 2.24) is 0 Å². The Bertz CT molecular complexity index is 240. The summed E-state index contributed by atoms with van der Waals surface area (Å²) in [5, 5.41) is 18.2. The fraction of sp³-hybridized carbons (Fsp3) is 0.938. The molecule has 1 saturated carbocycles. The van der Waals surface area contributed by atoms with Crippen LogP contribution < -0.4 is 0 Å². The average molecular weight is 270 g/mol. The van der Waals surface area contributed by atoms with Crippen molar-refractivity contribution in [2.24, 2.45) is 5.92 Å². The van der Waals surface area contributed by atoms with Gasteiger partial charge in [0, 0.05) is 6.42 Å². The molecular weight excluding hydrogens is 240 g/mol. The van der Waals surface area contributed by atoms with Crippen LogP contribution in [0.1, 0.15) is 83.5 Å². The second kappa shape index (κ2) is 10.2. The molecule has 0 aromatic rings. The minimum atomic E-state index is -0.672. The van der Waals surface area contributed by atoms with E-state index in [4.69, 9.17) is 5.11 Å². The first-order valence-corrected chi connectivity index (χ1v) is 8.10. The lowest BCUT2D eigenvalue weighted by Crippen LogP contribution is -2.12. The number of hydrogen-bond acceptors (Lipinski definition) is 2. The zero-order valence-corrected chi connectivity index (χ0v) is 12.1. The van der Waals surface area contributed by atoms with E-state index in [2.05, 4.69) is 0 Å². The third-order valence-electron chi connectivity index (χ3n) is 4.33. The maximum Gasteiger partial charge on any atom is 0.303 e. The summed E-state index contributed by atoms with van der Waals surface area (Å²) < 4.78 is 0. The fourth-order valence-electron chi connectivity index (χ4n) is 3.10. The molecule has 2 atom stereocenters. The number of unbranched alkanes of at least 4 members (excludes halogenated alkanes) is 7. The summed E-state index contributed by atoms with van der Waals surface area (Å²) in [5.74, 6) is -0.0925. The third kappa shape index (κ3) is 8.25. The van der Waals surface area contributed by atoms with Crippen molar-refractivity contribution in [3.63, 3.8) is 0 Å². The van der Waals surface area contributed by atoms with Crippen LogP contribution in [-0.2, 0) is 4.79 Å². The number of aliphatic carboxylic acids is 1. The molecule has 1 aliphatic rings. The summed E-state index contributed by atoms with van der Waals surface area (Å²) in [6, 6.07) is 0. The maximum atomic E-state index is 10.3. The lowest BCUT2D eigenvalue weighted by atomic mass is 9.97. The summed E-state index contributed by atoms with van der Waals surface area (Å²) >= 11 is 0. The molecule has 1 fully saturated rings. The van der Waals surface area contributed by atoms with Crippen LogP contribution in [0.25, 0.3) is 0 Å². The van der Waals surface area contributed by atoms with Crippen molar-refractivity contribution in [3.8, 4) is 0 Å². The van der Waals surface area contributed by atoms with Crippen molar-refractivity contribution in [3.05, 3.63) is 0 Å². The Kier molecular flexibility index (Phi) is 8.89. The van der Waals surface area contributed by atoms with Crippen molar-refractivity contribution in [1.29, 1.82) is 0 Å². The topological polar surface area (TPSA) is 57.5 Å². The molecule has 3 heteroatoms. The van der Waals surface area contributed by atoms with Gasteiger partial charge in [-0.3, -0.25) is 4.79 Å². The van der Waals surface area contributed by atoms with Gasteiger partial charge in [0.05, 0.1) is 6.10 Å². The zero-order valence-electron chi connectivity index (χ0n) is 12.1. The largest absolute Gasteiger partial charge is 0.481 e. The van der Waals surface area contributed by atoms with E-state index in [-0.39, 0.29) is 6.10 Å². The summed E-state index contributed by atoms with van der Waals surface area (Å²) in [5.41, 5.74) is 0. The number of carboxylic acid groups (broad SMARTS) is 1. The summed E-state index contributed by atoms with van der Waals surface area (Å²) in [6.45, 7) is 0.